The number of likely N-dealkylation sites (N-methyl/N-ethyl adjacent to an activating group) is 1. The molecular formula is C25H24Cl2FN3O2S. The average Bonchev–Trinajstić information content (AvgIpc) is 2.95. The predicted molar refractivity (Wildman–Crippen MR) is 144 cm³/mol. The molecule has 0 fully saturated rings. The lowest BCUT2D eigenvalue weighted by molar-refractivity contribution is -0.384. The molecule has 34 heavy (non-hydrogen) atoms. The number of nitrogens with zero attached hydrogens (tertiary/aromatic N) is 3. The molecule has 0 N–H and O–H groups in total. The second-order valence-electron chi connectivity index (χ2n) is 7.44. The SMILES string of the molecule is CN1CCN=C(C=Cc2cc([N+](=O)[O-])ccc2SCc2ccccc2)c2ccc(F)cc21.Cl.Cl. The second-order valence-corrected chi connectivity index (χ2v) is 8.45. The zero-order chi connectivity index (χ0) is 22.5. The van der Waals surface area contributed by atoms with Crippen LogP contribution >= 0.6 is 36.6 Å². The third kappa shape index (κ3) is 6.59. The summed E-state index contributed by atoms with van der Waals surface area (Å²) in [6, 6.07) is 19.6. The minimum Gasteiger partial charge on any atom is -0.372 e. The molecule has 9 heteroatoms. The molecule has 5 nitrogen and oxygen atoms in total. The Labute approximate surface area is 214 Å². The molecule has 3 aromatic rings. The van der Waals surface area contributed by atoms with E-state index in [4.69, 9.17) is 0 Å². The normalized spacial score (nSPS) is 12.8. The number of nitro groups is 1. The molecule has 0 amide bonds. The Morgan fingerprint density at radius 1 is 1.09 bits per heavy atom. The molecule has 4 rings (SSSR count). The first-order valence-electron chi connectivity index (χ1n) is 10.2. The second kappa shape index (κ2) is 12.6. The average molecular weight is 520 g/mol. The van der Waals surface area contributed by atoms with E-state index in [0.717, 1.165) is 33.2 Å². The number of non-ortho nitro benzene ring substituents is 1. The monoisotopic (exact) mass is 519 g/mol. The predicted octanol–water partition coefficient (Wildman–Crippen LogP) is 6.82. The van der Waals surface area contributed by atoms with Gasteiger partial charge in [-0.25, -0.2) is 4.39 Å². The minimum atomic E-state index is -0.390. The van der Waals surface area contributed by atoms with Crippen molar-refractivity contribution >= 4 is 59.7 Å². The first-order valence-corrected chi connectivity index (χ1v) is 11.2. The summed E-state index contributed by atoms with van der Waals surface area (Å²) in [5, 5.41) is 11.3. The molecule has 1 heterocycles. The highest BCUT2D eigenvalue weighted by atomic mass is 35.5. The molecule has 3 aromatic carbocycles. The Morgan fingerprint density at radius 3 is 2.59 bits per heavy atom. The van der Waals surface area contributed by atoms with E-state index in [-0.39, 0.29) is 41.2 Å². The maximum absolute atomic E-state index is 13.8. The van der Waals surface area contributed by atoms with Crippen LogP contribution in [-0.2, 0) is 5.75 Å². The van der Waals surface area contributed by atoms with Crippen molar-refractivity contribution in [2.45, 2.75) is 10.6 Å². The van der Waals surface area contributed by atoms with E-state index in [0.29, 0.717) is 13.1 Å². The van der Waals surface area contributed by atoms with Crippen molar-refractivity contribution in [1.82, 2.24) is 0 Å². The van der Waals surface area contributed by atoms with E-state index in [9.17, 15) is 14.5 Å². The quantitative estimate of drug-likeness (QED) is 0.203. The number of thioether (sulfide) groups is 1. The third-order valence-corrected chi connectivity index (χ3v) is 6.39. The smallest absolute Gasteiger partial charge is 0.270 e. The van der Waals surface area contributed by atoms with Crippen molar-refractivity contribution in [3.63, 3.8) is 0 Å². The number of anilines is 1. The lowest BCUT2D eigenvalue weighted by atomic mass is 10.1. The van der Waals surface area contributed by atoms with E-state index >= 15 is 0 Å². The van der Waals surface area contributed by atoms with Gasteiger partial charge in [0.05, 0.1) is 17.2 Å². The number of aliphatic imine (C=N–C) groups is 1. The summed E-state index contributed by atoms with van der Waals surface area (Å²) < 4.78 is 13.8. The number of rotatable bonds is 6. The van der Waals surface area contributed by atoms with Gasteiger partial charge in [-0.05, 0) is 41.5 Å². The van der Waals surface area contributed by atoms with Crippen molar-refractivity contribution in [2.24, 2.45) is 4.99 Å². The summed E-state index contributed by atoms with van der Waals surface area (Å²) in [5.41, 5.74) is 4.32. The summed E-state index contributed by atoms with van der Waals surface area (Å²) in [6.45, 7) is 1.26. The molecule has 1 aliphatic heterocycles. The first-order chi connectivity index (χ1) is 15.5. The fraction of sp³-hybridized carbons (Fsp3) is 0.160. The van der Waals surface area contributed by atoms with Crippen LogP contribution in [0.5, 0.6) is 0 Å². The largest absolute Gasteiger partial charge is 0.372 e. The molecule has 0 unspecified atom stereocenters. The molecule has 0 bridgehead atoms. The van der Waals surface area contributed by atoms with Gasteiger partial charge in [0.15, 0.2) is 0 Å². The zero-order valence-electron chi connectivity index (χ0n) is 18.4. The van der Waals surface area contributed by atoms with Crippen LogP contribution in [0.3, 0.4) is 0 Å². The third-order valence-electron chi connectivity index (χ3n) is 5.23. The molecule has 0 radical (unpaired) electrons. The van der Waals surface area contributed by atoms with Gasteiger partial charge < -0.3 is 4.90 Å². The van der Waals surface area contributed by atoms with Gasteiger partial charge in [-0.15, -0.1) is 36.6 Å². The lowest BCUT2D eigenvalue weighted by Gasteiger charge is -2.18. The maximum Gasteiger partial charge on any atom is 0.270 e. The Kier molecular flexibility index (Phi) is 10.1. The molecule has 0 atom stereocenters. The molecule has 1 aliphatic rings. The molecule has 0 saturated heterocycles. The molecular weight excluding hydrogens is 496 g/mol. The number of halogens is 3. The Balaban J connectivity index is 0.00000204. The Hall–Kier alpha value is -2.87. The molecule has 0 aromatic heterocycles. The molecule has 0 aliphatic carbocycles. The van der Waals surface area contributed by atoms with Crippen LogP contribution < -0.4 is 4.90 Å². The summed E-state index contributed by atoms with van der Waals surface area (Å²) >= 11 is 1.63. The fourth-order valence-electron chi connectivity index (χ4n) is 3.52. The van der Waals surface area contributed by atoms with Crippen LogP contribution in [-0.4, -0.2) is 30.8 Å². The number of benzene rings is 3. The number of benzodiazepines with no additional fused rings is 1. The van der Waals surface area contributed by atoms with Gasteiger partial charge in [-0.1, -0.05) is 36.4 Å². The van der Waals surface area contributed by atoms with Crippen molar-refractivity contribution < 1.29 is 9.31 Å². The van der Waals surface area contributed by atoms with Crippen LogP contribution in [0, 0.1) is 15.9 Å². The number of hydrogen-bond donors (Lipinski definition) is 0. The van der Waals surface area contributed by atoms with Gasteiger partial charge in [0.1, 0.15) is 5.82 Å². The number of fused-ring (bicyclic) bond motifs is 1. The number of nitro benzene ring substituents is 1. The molecule has 0 saturated carbocycles. The van der Waals surface area contributed by atoms with Crippen LogP contribution in [0.25, 0.3) is 6.08 Å². The standard InChI is InChI=1S/C25H22FN3O2S.2ClH/c1-28-14-13-27-23(22-10-8-20(26)16-24(22)28)11-7-19-15-21(29(30)31)9-12-25(19)32-17-18-5-3-2-4-6-18;;/h2-12,15-16H,13-14,17H2,1H3;2*1H. The Morgan fingerprint density at radius 2 is 1.85 bits per heavy atom. The van der Waals surface area contributed by atoms with Gasteiger partial charge in [0.2, 0.25) is 0 Å². The van der Waals surface area contributed by atoms with Crippen LogP contribution in [0.1, 0.15) is 16.7 Å². The van der Waals surface area contributed by atoms with Crippen LogP contribution in [0.4, 0.5) is 15.8 Å². The van der Waals surface area contributed by atoms with E-state index in [1.807, 2.05) is 42.3 Å². The zero-order valence-corrected chi connectivity index (χ0v) is 20.8. The highest BCUT2D eigenvalue weighted by Crippen LogP contribution is 2.31. The summed E-state index contributed by atoms with van der Waals surface area (Å²) in [4.78, 5) is 18.5. The maximum atomic E-state index is 13.8. The molecule has 0 spiro atoms. The van der Waals surface area contributed by atoms with Gasteiger partial charge in [0, 0.05) is 47.6 Å². The lowest BCUT2D eigenvalue weighted by Crippen LogP contribution is -2.20. The number of hydrogen-bond acceptors (Lipinski definition) is 5. The van der Waals surface area contributed by atoms with Gasteiger partial charge in [0.25, 0.3) is 5.69 Å². The highest BCUT2D eigenvalue weighted by molar-refractivity contribution is 7.98. The summed E-state index contributed by atoms with van der Waals surface area (Å²) in [7, 11) is 1.92. The number of allylic oxidation sites excluding steroid dienone is 1. The van der Waals surface area contributed by atoms with E-state index < -0.39 is 0 Å². The molecule has 178 valence electrons. The van der Waals surface area contributed by atoms with Crippen molar-refractivity contribution in [3.05, 3.63) is 105 Å². The summed E-state index contributed by atoms with van der Waals surface area (Å²) in [6.07, 6.45) is 3.72. The van der Waals surface area contributed by atoms with Gasteiger partial charge in [-0.3, -0.25) is 15.1 Å². The summed E-state index contributed by atoms with van der Waals surface area (Å²) in [5.74, 6) is 0.465. The highest BCUT2D eigenvalue weighted by Gasteiger charge is 2.16. The van der Waals surface area contributed by atoms with E-state index in [1.54, 1.807) is 30.0 Å². The van der Waals surface area contributed by atoms with Gasteiger partial charge in [-0.2, -0.15) is 0 Å². The fourth-order valence-corrected chi connectivity index (χ4v) is 4.49. The van der Waals surface area contributed by atoms with Crippen LogP contribution in [0.15, 0.2) is 82.7 Å². The van der Waals surface area contributed by atoms with Crippen molar-refractivity contribution in [2.75, 3.05) is 25.0 Å². The Bertz CT molecular complexity index is 1210. The van der Waals surface area contributed by atoms with E-state index in [1.165, 1.54) is 23.8 Å². The van der Waals surface area contributed by atoms with E-state index in [2.05, 4.69) is 17.1 Å². The van der Waals surface area contributed by atoms with Crippen LogP contribution in [0.2, 0.25) is 0 Å². The van der Waals surface area contributed by atoms with Crippen molar-refractivity contribution in [3.8, 4) is 0 Å². The first kappa shape index (κ1) is 27.4. The minimum absolute atomic E-state index is 0. The van der Waals surface area contributed by atoms with Gasteiger partial charge >= 0.3 is 0 Å². The van der Waals surface area contributed by atoms with Crippen molar-refractivity contribution in [1.29, 1.82) is 0 Å². The topological polar surface area (TPSA) is 58.7 Å².